The highest BCUT2D eigenvalue weighted by Crippen LogP contribution is 2.12. The van der Waals surface area contributed by atoms with Crippen LogP contribution in [0.25, 0.3) is 0 Å². The van der Waals surface area contributed by atoms with Gasteiger partial charge in [-0.3, -0.25) is 9.59 Å². The van der Waals surface area contributed by atoms with Crippen molar-refractivity contribution in [3.05, 3.63) is 24.3 Å². The number of esters is 2. The zero-order chi connectivity index (χ0) is 37.2. The van der Waals surface area contributed by atoms with Gasteiger partial charge in [0.05, 0.1) is 19.8 Å². The number of aliphatic hydroxyl groups excluding tert-OH is 4. The molecule has 0 saturated heterocycles. The fourth-order valence-corrected chi connectivity index (χ4v) is 5.37. The van der Waals surface area contributed by atoms with Crippen molar-refractivity contribution >= 4 is 11.9 Å². The number of allylic oxidation sites excluding steroid dienone is 4. The van der Waals surface area contributed by atoms with Crippen LogP contribution in [0.4, 0.5) is 0 Å². The molecule has 0 saturated carbocycles. The highest BCUT2D eigenvalue weighted by molar-refractivity contribution is 5.69. The summed E-state index contributed by atoms with van der Waals surface area (Å²) in [5.41, 5.74) is 0. The first-order valence-corrected chi connectivity index (χ1v) is 20.6. The van der Waals surface area contributed by atoms with E-state index in [-0.39, 0.29) is 38.4 Å². The van der Waals surface area contributed by atoms with E-state index in [0.717, 1.165) is 51.4 Å². The van der Waals surface area contributed by atoms with E-state index in [4.69, 9.17) is 29.9 Å². The average Bonchev–Trinajstić information content (AvgIpc) is 3.13. The SMILES string of the molecule is CCCCCCCC/C=C\CCCCCCCC(=O)OC(CO)CO.CCCCCCCC/C=C\CCCCCCCC(=O)OCC(O)CO. The van der Waals surface area contributed by atoms with E-state index in [1.807, 2.05) is 0 Å². The van der Waals surface area contributed by atoms with Gasteiger partial charge in [0, 0.05) is 12.8 Å². The second kappa shape index (κ2) is 43.4. The second-order valence-electron chi connectivity index (χ2n) is 13.7. The zero-order valence-corrected chi connectivity index (χ0v) is 32.5. The van der Waals surface area contributed by atoms with E-state index < -0.39 is 12.2 Å². The molecule has 0 aromatic heterocycles. The van der Waals surface area contributed by atoms with Crippen molar-refractivity contribution in [1.82, 2.24) is 0 Å². The Kier molecular flexibility index (Phi) is 43.7. The van der Waals surface area contributed by atoms with Gasteiger partial charge in [-0.15, -0.1) is 0 Å². The summed E-state index contributed by atoms with van der Waals surface area (Å²) in [6, 6.07) is 0. The maximum atomic E-state index is 11.5. The Hall–Kier alpha value is -1.74. The fourth-order valence-electron chi connectivity index (χ4n) is 5.37. The van der Waals surface area contributed by atoms with Crippen LogP contribution in [-0.4, -0.2) is 71.0 Å². The van der Waals surface area contributed by atoms with Gasteiger partial charge in [-0.05, 0) is 64.2 Å². The molecule has 0 rings (SSSR count). The normalized spacial score (nSPS) is 12.1. The van der Waals surface area contributed by atoms with E-state index >= 15 is 0 Å². The lowest BCUT2D eigenvalue weighted by Gasteiger charge is -2.12. The molecule has 8 nitrogen and oxygen atoms in total. The van der Waals surface area contributed by atoms with Gasteiger partial charge in [0.25, 0.3) is 0 Å². The molecule has 0 amide bonds. The molecule has 8 heteroatoms. The first kappa shape index (κ1) is 50.4. The standard InChI is InChI=1S/2C21H40O4/c1-2-3-4-5-6-7-8-9-10-11-12-13-14-15-16-17-21(24)25-19-20(23)18-22;1-2-3-4-5-6-7-8-9-10-11-12-13-14-15-16-17-21(24)25-20(18-22)19-23/h2*9-10,20,22-23H,2-8,11-19H2,1H3/b2*10-9-. The van der Waals surface area contributed by atoms with Gasteiger partial charge >= 0.3 is 11.9 Å². The van der Waals surface area contributed by atoms with Gasteiger partial charge in [0.2, 0.25) is 0 Å². The monoisotopic (exact) mass is 713 g/mol. The van der Waals surface area contributed by atoms with Crippen molar-refractivity contribution in [3.8, 4) is 0 Å². The minimum Gasteiger partial charge on any atom is -0.463 e. The van der Waals surface area contributed by atoms with Gasteiger partial charge in [0.15, 0.2) is 0 Å². The van der Waals surface area contributed by atoms with E-state index in [1.165, 1.54) is 116 Å². The summed E-state index contributed by atoms with van der Waals surface area (Å²) in [6.07, 6.45) is 40.3. The van der Waals surface area contributed by atoms with Gasteiger partial charge in [-0.2, -0.15) is 0 Å². The Morgan fingerprint density at radius 3 is 1.18 bits per heavy atom. The Bertz CT molecular complexity index is 750. The maximum Gasteiger partial charge on any atom is 0.306 e. The Morgan fingerprint density at radius 1 is 0.480 bits per heavy atom. The quantitative estimate of drug-likeness (QED) is 0.0287. The molecule has 0 aliphatic heterocycles. The number of rotatable bonds is 36. The van der Waals surface area contributed by atoms with Crippen LogP contribution >= 0.6 is 0 Å². The predicted octanol–water partition coefficient (Wildman–Crippen LogP) is 9.84. The lowest BCUT2D eigenvalue weighted by Crippen LogP contribution is -2.25. The second-order valence-corrected chi connectivity index (χ2v) is 13.7. The third-order valence-electron chi connectivity index (χ3n) is 8.64. The van der Waals surface area contributed by atoms with Crippen LogP contribution in [0.1, 0.15) is 194 Å². The first-order chi connectivity index (χ1) is 24.4. The van der Waals surface area contributed by atoms with E-state index in [0.29, 0.717) is 12.8 Å². The minimum absolute atomic E-state index is 0.111. The van der Waals surface area contributed by atoms with E-state index in [9.17, 15) is 9.59 Å². The Labute approximate surface area is 307 Å². The molecule has 0 spiro atoms. The van der Waals surface area contributed by atoms with Crippen LogP contribution in [-0.2, 0) is 19.1 Å². The summed E-state index contributed by atoms with van der Waals surface area (Å²) in [5.74, 6) is -0.615. The maximum absolute atomic E-state index is 11.5. The van der Waals surface area contributed by atoms with Crippen molar-refractivity contribution in [1.29, 1.82) is 0 Å². The molecule has 0 aliphatic carbocycles. The number of hydrogen-bond acceptors (Lipinski definition) is 8. The van der Waals surface area contributed by atoms with E-state index in [2.05, 4.69) is 38.2 Å². The Morgan fingerprint density at radius 2 is 0.820 bits per heavy atom. The number of carbonyl (C=O) groups excluding carboxylic acids is 2. The van der Waals surface area contributed by atoms with Crippen LogP contribution in [0, 0.1) is 0 Å². The molecule has 0 aromatic rings. The molecule has 0 fully saturated rings. The third-order valence-corrected chi connectivity index (χ3v) is 8.64. The highest BCUT2D eigenvalue weighted by atomic mass is 16.6. The predicted molar refractivity (Wildman–Crippen MR) is 207 cm³/mol. The topological polar surface area (TPSA) is 134 Å². The zero-order valence-electron chi connectivity index (χ0n) is 32.5. The molecular weight excluding hydrogens is 632 g/mol. The molecule has 0 heterocycles. The summed E-state index contributed by atoms with van der Waals surface area (Å²) < 4.78 is 9.78. The lowest BCUT2D eigenvalue weighted by atomic mass is 10.1. The summed E-state index contributed by atoms with van der Waals surface area (Å²) in [5, 5.41) is 35.4. The molecule has 0 radical (unpaired) electrons. The summed E-state index contributed by atoms with van der Waals surface area (Å²) >= 11 is 0. The molecule has 0 bridgehead atoms. The molecule has 50 heavy (non-hydrogen) atoms. The number of carbonyl (C=O) groups is 2. The first-order valence-electron chi connectivity index (χ1n) is 20.6. The van der Waals surface area contributed by atoms with Crippen molar-refractivity contribution in [2.75, 3.05) is 26.4 Å². The lowest BCUT2D eigenvalue weighted by molar-refractivity contribution is -0.153. The van der Waals surface area contributed by atoms with Crippen molar-refractivity contribution in [3.63, 3.8) is 0 Å². The summed E-state index contributed by atoms with van der Waals surface area (Å²) in [6.45, 7) is 3.37. The fraction of sp³-hybridized carbons (Fsp3) is 0.857. The summed E-state index contributed by atoms with van der Waals surface area (Å²) in [7, 11) is 0. The number of ether oxygens (including phenoxy) is 2. The minimum atomic E-state index is -0.960. The summed E-state index contributed by atoms with van der Waals surface area (Å²) in [4.78, 5) is 22.8. The molecule has 4 N–H and O–H groups in total. The van der Waals surface area contributed by atoms with Crippen LogP contribution in [0.15, 0.2) is 24.3 Å². The molecular formula is C42H80O8. The molecule has 1 unspecified atom stereocenters. The third kappa shape index (κ3) is 42.4. The van der Waals surface area contributed by atoms with Crippen LogP contribution in [0.3, 0.4) is 0 Å². The van der Waals surface area contributed by atoms with Gasteiger partial charge < -0.3 is 29.9 Å². The molecule has 0 aliphatic rings. The van der Waals surface area contributed by atoms with Gasteiger partial charge in [-0.25, -0.2) is 0 Å². The van der Waals surface area contributed by atoms with Crippen molar-refractivity contribution in [2.24, 2.45) is 0 Å². The number of aliphatic hydroxyl groups is 4. The molecule has 1 atom stereocenters. The van der Waals surface area contributed by atoms with Gasteiger partial charge in [-0.1, -0.05) is 141 Å². The molecule has 0 aromatic carbocycles. The van der Waals surface area contributed by atoms with Crippen LogP contribution in [0.2, 0.25) is 0 Å². The van der Waals surface area contributed by atoms with Gasteiger partial charge in [0.1, 0.15) is 18.8 Å². The van der Waals surface area contributed by atoms with Crippen molar-refractivity contribution in [2.45, 2.75) is 206 Å². The number of hydrogen-bond donors (Lipinski definition) is 4. The average molecular weight is 713 g/mol. The smallest absolute Gasteiger partial charge is 0.306 e. The largest absolute Gasteiger partial charge is 0.463 e. The van der Waals surface area contributed by atoms with Crippen LogP contribution < -0.4 is 0 Å². The van der Waals surface area contributed by atoms with Crippen molar-refractivity contribution < 1.29 is 39.5 Å². The number of unbranched alkanes of at least 4 members (excludes halogenated alkanes) is 22. The van der Waals surface area contributed by atoms with E-state index in [1.54, 1.807) is 0 Å². The molecule has 296 valence electrons. The highest BCUT2D eigenvalue weighted by Gasteiger charge is 2.11. The van der Waals surface area contributed by atoms with Crippen LogP contribution in [0.5, 0.6) is 0 Å². The Balaban J connectivity index is 0.